The molecule has 1 saturated carbocycles. The Hall–Kier alpha value is -1.86. The Bertz CT molecular complexity index is 676. The van der Waals surface area contributed by atoms with E-state index in [1.807, 2.05) is 18.2 Å². The van der Waals surface area contributed by atoms with Crippen LogP contribution in [-0.2, 0) is 4.74 Å². The van der Waals surface area contributed by atoms with Crippen LogP contribution in [0.2, 0.25) is 0 Å². The number of hydrogen-bond donors (Lipinski definition) is 0. The van der Waals surface area contributed by atoms with Crippen molar-refractivity contribution < 1.29 is 19.1 Å². The van der Waals surface area contributed by atoms with Crippen molar-refractivity contribution in [1.82, 2.24) is 4.90 Å². The molecule has 0 N–H and O–H groups in total. The fourth-order valence-corrected chi connectivity index (χ4v) is 5.07. The van der Waals surface area contributed by atoms with Gasteiger partial charge >= 0.3 is 0 Å². The summed E-state index contributed by atoms with van der Waals surface area (Å²) < 4.78 is 17.8. The molecule has 4 rings (SSSR count). The van der Waals surface area contributed by atoms with Crippen LogP contribution >= 0.6 is 0 Å². The Kier molecular flexibility index (Phi) is 4.75. The molecule has 0 radical (unpaired) electrons. The van der Waals surface area contributed by atoms with Crippen LogP contribution in [0.5, 0.6) is 11.5 Å². The van der Waals surface area contributed by atoms with E-state index in [0.29, 0.717) is 24.7 Å². The van der Waals surface area contributed by atoms with Crippen LogP contribution in [0.3, 0.4) is 0 Å². The summed E-state index contributed by atoms with van der Waals surface area (Å²) >= 11 is 0. The molecule has 3 aliphatic rings. The molecule has 0 spiro atoms. The van der Waals surface area contributed by atoms with Gasteiger partial charge in [0.25, 0.3) is 0 Å². The predicted octanol–water partition coefficient (Wildman–Crippen LogP) is 2.67. The molecule has 7 heteroatoms. The molecule has 0 amide bonds. The van der Waals surface area contributed by atoms with Gasteiger partial charge in [-0.3, -0.25) is 15.0 Å². The lowest BCUT2D eigenvalue weighted by atomic mass is 9.68. The van der Waals surface area contributed by atoms with Crippen molar-refractivity contribution in [3.05, 3.63) is 33.9 Å². The smallest absolute Gasteiger partial charge is 0.211 e. The van der Waals surface area contributed by atoms with Gasteiger partial charge in [0.1, 0.15) is 0 Å². The molecule has 1 saturated heterocycles. The van der Waals surface area contributed by atoms with Gasteiger partial charge in [-0.25, -0.2) is 0 Å². The van der Waals surface area contributed by atoms with E-state index in [2.05, 4.69) is 4.90 Å². The lowest BCUT2D eigenvalue weighted by Gasteiger charge is -2.56. The van der Waals surface area contributed by atoms with Crippen LogP contribution in [-0.4, -0.2) is 55.5 Å². The summed E-state index contributed by atoms with van der Waals surface area (Å²) in [6, 6.07) is 5.74. The molecule has 0 aromatic heterocycles. The maximum Gasteiger partial charge on any atom is 0.211 e. The molecule has 1 aromatic carbocycles. The largest absolute Gasteiger partial charge is 0.493 e. The zero-order valence-corrected chi connectivity index (χ0v) is 15.2. The van der Waals surface area contributed by atoms with Gasteiger partial charge in [0, 0.05) is 35.9 Å². The Morgan fingerprint density at radius 3 is 2.88 bits per heavy atom. The molecule has 26 heavy (non-hydrogen) atoms. The lowest BCUT2D eigenvalue weighted by molar-refractivity contribution is -0.487. The van der Waals surface area contributed by atoms with Crippen molar-refractivity contribution in [2.24, 2.45) is 5.92 Å². The highest BCUT2D eigenvalue weighted by atomic mass is 16.6. The summed E-state index contributed by atoms with van der Waals surface area (Å²) in [7, 11) is 1.62. The fourth-order valence-electron chi connectivity index (χ4n) is 5.07. The van der Waals surface area contributed by atoms with Gasteiger partial charge in [0.05, 0.1) is 26.2 Å². The van der Waals surface area contributed by atoms with Gasteiger partial charge in [0.15, 0.2) is 17.2 Å². The summed E-state index contributed by atoms with van der Waals surface area (Å²) in [5.74, 6) is 1.30. The normalized spacial score (nSPS) is 31.4. The first-order chi connectivity index (χ1) is 12.7. The molecule has 2 heterocycles. The summed E-state index contributed by atoms with van der Waals surface area (Å²) in [5, 5.41) is 11.5. The molecule has 0 bridgehead atoms. The highest BCUT2D eigenvalue weighted by Crippen LogP contribution is 2.55. The quantitative estimate of drug-likeness (QED) is 0.606. The monoisotopic (exact) mass is 362 g/mol. The van der Waals surface area contributed by atoms with Crippen molar-refractivity contribution >= 4 is 0 Å². The molecule has 0 unspecified atom stereocenters. The molecule has 1 aromatic rings. The number of rotatable bonds is 4. The van der Waals surface area contributed by atoms with Crippen LogP contribution < -0.4 is 9.47 Å². The van der Waals surface area contributed by atoms with Crippen LogP contribution in [0.4, 0.5) is 0 Å². The molecule has 2 aliphatic heterocycles. The van der Waals surface area contributed by atoms with E-state index in [1.54, 1.807) is 7.11 Å². The summed E-state index contributed by atoms with van der Waals surface area (Å²) in [6.07, 6.45) is 4.01. The number of nitrogens with zero attached hydrogens (tertiary/aromatic N) is 2. The Morgan fingerprint density at radius 1 is 1.35 bits per heavy atom. The second-order valence-corrected chi connectivity index (χ2v) is 7.40. The molecule has 2 fully saturated rings. The Balaban J connectivity index is 1.83. The second-order valence-electron chi connectivity index (χ2n) is 7.40. The van der Waals surface area contributed by atoms with Gasteiger partial charge in [-0.05, 0) is 18.9 Å². The number of methoxy groups -OCH3 is 1. The number of fused-ring (bicyclic) bond motifs is 2. The Morgan fingerprint density at radius 2 is 2.15 bits per heavy atom. The van der Waals surface area contributed by atoms with Crippen LogP contribution in [0.1, 0.15) is 37.2 Å². The minimum atomic E-state index is -0.496. The van der Waals surface area contributed by atoms with Crippen LogP contribution in [0.25, 0.3) is 0 Å². The maximum atomic E-state index is 11.5. The van der Waals surface area contributed by atoms with Crippen molar-refractivity contribution in [3.8, 4) is 11.5 Å². The number of para-hydroxylation sites is 1. The fraction of sp³-hybridized carbons (Fsp3) is 0.684. The van der Waals surface area contributed by atoms with Gasteiger partial charge in [-0.2, -0.15) is 0 Å². The van der Waals surface area contributed by atoms with Crippen molar-refractivity contribution in [3.63, 3.8) is 0 Å². The first-order valence-electron chi connectivity index (χ1n) is 9.46. The van der Waals surface area contributed by atoms with Gasteiger partial charge in [0.2, 0.25) is 6.54 Å². The minimum Gasteiger partial charge on any atom is -0.493 e. The standard InChI is InChI=1S/C19H26N2O5/c1-24-17-7-4-5-14-15(13-21(22)23)16-6-2-3-8-19(16,26-18(14)17)20-9-11-25-12-10-20/h4-5,7,15-16H,2-3,6,8-13H2,1H3/t15-,16+,19-/m1/s1. The topological polar surface area (TPSA) is 74.1 Å². The van der Waals surface area contributed by atoms with Gasteiger partial charge in [-0.1, -0.05) is 18.6 Å². The molecule has 7 nitrogen and oxygen atoms in total. The molecule has 142 valence electrons. The van der Waals surface area contributed by atoms with E-state index >= 15 is 0 Å². The lowest BCUT2D eigenvalue weighted by Crippen LogP contribution is -2.65. The minimum absolute atomic E-state index is 0.0692. The summed E-state index contributed by atoms with van der Waals surface area (Å²) in [4.78, 5) is 13.7. The number of benzene rings is 1. The average molecular weight is 362 g/mol. The zero-order valence-electron chi connectivity index (χ0n) is 15.2. The molecule has 3 atom stereocenters. The third-order valence-electron chi connectivity index (χ3n) is 6.16. The van der Waals surface area contributed by atoms with E-state index in [1.165, 1.54) is 0 Å². The van der Waals surface area contributed by atoms with E-state index in [9.17, 15) is 10.1 Å². The predicted molar refractivity (Wildman–Crippen MR) is 95.3 cm³/mol. The van der Waals surface area contributed by atoms with Crippen molar-refractivity contribution in [2.45, 2.75) is 37.3 Å². The zero-order chi connectivity index (χ0) is 18.1. The van der Waals surface area contributed by atoms with E-state index in [4.69, 9.17) is 14.2 Å². The van der Waals surface area contributed by atoms with E-state index in [0.717, 1.165) is 44.3 Å². The molecule has 1 aliphatic carbocycles. The first kappa shape index (κ1) is 17.5. The Labute approximate surface area is 153 Å². The van der Waals surface area contributed by atoms with E-state index in [-0.39, 0.29) is 23.3 Å². The first-order valence-corrected chi connectivity index (χ1v) is 9.46. The summed E-state index contributed by atoms with van der Waals surface area (Å²) in [5.41, 5.74) is 0.418. The number of nitro groups is 1. The van der Waals surface area contributed by atoms with Crippen molar-refractivity contribution in [2.75, 3.05) is 40.0 Å². The SMILES string of the molecule is COc1cccc2c1O[C@]1(N3CCOCC3)CCCC[C@H]1[C@@H]2C[N+](=O)[O-]. The highest BCUT2D eigenvalue weighted by molar-refractivity contribution is 5.51. The number of hydrogen-bond acceptors (Lipinski definition) is 6. The average Bonchev–Trinajstić information content (AvgIpc) is 2.67. The molecular formula is C19H26N2O5. The highest BCUT2D eigenvalue weighted by Gasteiger charge is 2.56. The maximum absolute atomic E-state index is 11.5. The van der Waals surface area contributed by atoms with Crippen LogP contribution in [0, 0.1) is 16.0 Å². The third kappa shape index (κ3) is 2.83. The van der Waals surface area contributed by atoms with Gasteiger partial charge in [-0.15, -0.1) is 0 Å². The van der Waals surface area contributed by atoms with Gasteiger partial charge < -0.3 is 14.2 Å². The van der Waals surface area contributed by atoms with Crippen molar-refractivity contribution in [1.29, 1.82) is 0 Å². The molecular weight excluding hydrogens is 336 g/mol. The van der Waals surface area contributed by atoms with Crippen LogP contribution in [0.15, 0.2) is 18.2 Å². The number of ether oxygens (including phenoxy) is 3. The number of morpholine rings is 1. The summed E-state index contributed by atoms with van der Waals surface area (Å²) in [6.45, 7) is 2.88. The third-order valence-corrected chi connectivity index (χ3v) is 6.16. The second kappa shape index (κ2) is 7.04. The van der Waals surface area contributed by atoms with E-state index < -0.39 is 5.72 Å².